The number of nitrogens with one attached hydrogen (secondary N) is 1. The molecule has 136 valence electrons. The van der Waals surface area contributed by atoms with E-state index in [-0.39, 0.29) is 11.5 Å². The van der Waals surface area contributed by atoms with Crippen LogP contribution >= 0.6 is 0 Å². The summed E-state index contributed by atoms with van der Waals surface area (Å²) in [7, 11) is 1.59. The van der Waals surface area contributed by atoms with Gasteiger partial charge >= 0.3 is 0 Å². The van der Waals surface area contributed by atoms with E-state index >= 15 is 0 Å². The van der Waals surface area contributed by atoms with Crippen LogP contribution in [0, 0.1) is 6.92 Å². The molecule has 0 spiro atoms. The van der Waals surface area contributed by atoms with Crippen LogP contribution in [0.1, 0.15) is 29.0 Å². The van der Waals surface area contributed by atoms with Gasteiger partial charge in [-0.15, -0.1) is 0 Å². The molecule has 0 bridgehead atoms. The van der Waals surface area contributed by atoms with E-state index < -0.39 is 0 Å². The maximum atomic E-state index is 12.6. The Morgan fingerprint density at radius 1 is 1.23 bits per heavy atom. The fourth-order valence-corrected chi connectivity index (χ4v) is 2.95. The summed E-state index contributed by atoms with van der Waals surface area (Å²) < 4.78 is 12.6. The third-order valence-corrected chi connectivity index (χ3v) is 4.31. The molecule has 6 heteroatoms. The molecule has 0 aliphatic heterocycles. The Hall–Kier alpha value is -3.02. The number of hydrogen-bond donors (Lipinski definition) is 1. The Balaban J connectivity index is 1.58. The SMILES string of the molecule is COc1ccc2oc(C)c(C(=O)NCCCCn3ccccc3=O)c2c1. The second kappa shape index (κ2) is 7.91. The zero-order chi connectivity index (χ0) is 18.5. The van der Waals surface area contributed by atoms with Crippen molar-refractivity contribution in [2.75, 3.05) is 13.7 Å². The Labute approximate surface area is 151 Å². The molecule has 0 aliphatic carbocycles. The van der Waals surface area contributed by atoms with E-state index in [1.165, 1.54) is 0 Å². The number of nitrogens with zero attached hydrogens (tertiary/aromatic N) is 1. The van der Waals surface area contributed by atoms with Crippen molar-refractivity contribution in [1.82, 2.24) is 9.88 Å². The first kappa shape index (κ1) is 17.8. The molecule has 0 atom stereocenters. The van der Waals surface area contributed by atoms with Gasteiger partial charge in [0, 0.05) is 30.7 Å². The quantitative estimate of drug-likeness (QED) is 0.662. The lowest BCUT2D eigenvalue weighted by atomic mass is 10.1. The van der Waals surface area contributed by atoms with Gasteiger partial charge in [0.2, 0.25) is 5.56 Å². The van der Waals surface area contributed by atoms with E-state index in [1.54, 1.807) is 49.1 Å². The lowest BCUT2D eigenvalue weighted by molar-refractivity contribution is 0.0953. The molecule has 1 aromatic carbocycles. The Morgan fingerprint density at radius 3 is 2.85 bits per heavy atom. The number of aryl methyl sites for hydroxylation is 2. The number of carbonyl (C=O) groups is 1. The second-order valence-electron chi connectivity index (χ2n) is 6.09. The predicted molar refractivity (Wildman–Crippen MR) is 99.8 cm³/mol. The molecule has 0 unspecified atom stereocenters. The summed E-state index contributed by atoms with van der Waals surface area (Å²) in [5.74, 6) is 1.11. The van der Waals surface area contributed by atoms with Crippen LogP contribution in [0.3, 0.4) is 0 Å². The molecule has 0 fully saturated rings. The average Bonchev–Trinajstić information content (AvgIpc) is 2.97. The summed E-state index contributed by atoms with van der Waals surface area (Å²) in [5, 5.41) is 3.67. The third-order valence-electron chi connectivity index (χ3n) is 4.31. The molecular formula is C20H22N2O4. The van der Waals surface area contributed by atoms with Crippen LogP contribution in [-0.2, 0) is 6.54 Å². The molecule has 26 heavy (non-hydrogen) atoms. The van der Waals surface area contributed by atoms with Crippen LogP contribution in [0.5, 0.6) is 5.75 Å². The molecule has 1 N–H and O–H groups in total. The standard InChI is InChI=1S/C20H22N2O4/c1-14-19(16-13-15(25-2)8-9-17(16)26-14)20(24)21-10-4-6-12-22-11-5-3-7-18(22)23/h3,5,7-9,11,13H,4,6,10,12H2,1-2H3,(H,21,24). The minimum Gasteiger partial charge on any atom is -0.497 e. The maximum absolute atomic E-state index is 12.6. The van der Waals surface area contributed by atoms with E-state index in [1.807, 2.05) is 12.1 Å². The lowest BCUT2D eigenvalue weighted by Gasteiger charge is -2.07. The van der Waals surface area contributed by atoms with Crippen molar-refractivity contribution in [2.24, 2.45) is 0 Å². The second-order valence-corrected chi connectivity index (χ2v) is 6.09. The normalized spacial score (nSPS) is 10.8. The minimum absolute atomic E-state index is 0.00836. The van der Waals surface area contributed by atoms with Gasteiger partial charge in [0.1, 0.15) is 17.1 Å². The van der Waals surface area contributed by atoms with Gasteiger partial charge in [-0.05, 0) is 44.0 Å². The van der Waals surface area contributed by atoms with E-state index in [4.69, 9.17) is 9.15 Å². The van der Waals surface area contributed by atoms with Gasteiger partial charge in [-0.2, -0.15) is 0 Å². The first-order chi connectivity index (χ1) is 12.6. The summed E-state index contributed by atoms with van der Waals surface area (Å²) in [5.41, 5.74) is 1.20. The fourth-order valence-electron chi connectivity index (χ4n) is 2.95. The van der Waals surface area contributed by atoms with E-state index in [0.29, 0.717) is 35.7 Å². The number of methoxy groups -OCH3 is 1. The number of rotatable bonds is 7. The van der Waals surface area contributed by atoms with Gasteiger partial charge in [0.25, 0.3) is 5.91 Å². The first-order valence-electron chi connectivity index (χ1n) is 8.61. The van der Waals surface area contributed by atoms with E-state index in [0.717, 1.165) is 18.2 Å². The van der Waals surface area contributed by atoms with Crippen LogP contribution in [0.15, 0.2) is 51.8 Å². The molecule has 3 aromatic rings. The highest BCUT2D eigenvalue weighted by Crippen LogP contribution is 2.28. The van der Waals surface area contributed by atoms with Crippen LogP contribution < -0.4 is 15.6 Å². The minimum atomic E-state index is -0.161. The van der Waals surface area contributed by atoms with Gasteiger partial charge in [-0.25, -0.2) is 0 Å². The van der Waals surface area contributed by atoms with Gasteiger partial charge in [-0.3, -0.25) is 9.59 Å². The van der Waals surface area contributed by atoms with Crippen molar-refractivity contribution >= 4 is 16.9 Å². The van der Waals surface area contributed by atoms with Crippen LogP contribution in [-0.4, -0.2) is 24.1 Å². The third kappa shape index (κ3) is 3.79. The molecule has 0 saturated carbocycles. The van der Waals surface area contributed by atoms with Gasteiger partial charge < -0.3 is 19.0 Å². The smallest absolute Gasteiger partial charge is 0.255 e. The largest absolute Gasteiger partial charge is 0.497 e. The number of benzene rings is 1. The Morgan fingerprint density at radius 2 is 2.08 bits per heavy atom. The molecule has 6 nitrogen and oxygen atoms in total. The number of fused-ring (bicyclic) bond motifs is 1. The van der Waals surface area contributed by atoms with Crippen molar-refractivity contribution in [2.45, 2.75) is 26.3 Å². The average molecular weight is 354 g/mol. The molecule has 0 aliphatic rings. The van der Waals surface area contributed by atoms with Crippen LogP contribution in [0.25, 0.3) is 11.0 Å². The number of unbranched alkanes of at least 4 members (excludes halogenated alkanes) is 1. The van der Waals surface area contributed by atoms with Crippen LogP contribution in [0.2, 0.25) is 0 Å². The monoisotopic (exact) mass is 354 g/mol. The van der Waals surface area contributed by atoms with Gasteiger partial charge in [-0.1, -0.05) is 6.07 Å². The van der Waals surface area contributed by atoms with Crippen LogP contribution in [0.4, 0.5) is 0 Å². The summed E-state index contributed by atoms with van der Waals surface area (Å²) in [6.45, 7) is 2.96. The highest BCUT2D eigenvalue weighted by atomic mass is 16.5. The number of pyridine rings is 1. The fraction of sp³-hybridized carbons (Fsp3) is 0.300. The van der Waals surface area contributed by atoms with E-state index in [9.17, 15) is 9.59 Å². The highest BCUT2D eigenvalue weighted by molar-refractivity contribution is 6.07. The number of hydrogen-bond acceptors (Lipinski definition) is 4. The molecule has 0 saturated heterocycles. The summed E-state index contributed by atoms with van der Waals surface area (Å²) in [6.07, 6.45) is 3.36. The summed E-state index contributed by atoms with van der Waals surface area (Å²) in [4.78, 5) is 24.2. The highest BCUT2D eigenvalue weighted by Gasteiger charge is 2.18. The molecule has 1 amide bonds. The first-order valence-corrected chi connectivity index (χ1v) is 8.61. The molecule has 2 aromatic heterocycles. The molecule has 3 rings (SSSR count). The zero-order valence-corrected chi connectivity index (χ0v) is 15.0. The van der Waals surface area contributed by atoms with Crippen molar-refractivity contribution in [3.8, 4) is 5.75 Å². The number of amides is 1. The lowest BCUT2D eigenvalue weighted by Crippen LogP contribution is -2.25. The molecule has 2 heterocycles. The Bertz CT molecular complexity index is 971. The van der Waals surface area contributed by atoms with Crippen molar-refractivity contribution < 1.29 is 13.9 Å². The van der Waals surface area contributed by atoms with Crippen molar-refractivity contribution in [1.29, 1.82) is 0 Å². The summed E-state index contributed by atoms with van der Waals surface area (Å²) in [6, 6.07) is 10.5. The number of ether oxygens (including phenoxy) is 1. The molecular weight excluding hydrogens is 332 g/mol. The Kier molecular flexibility index (Phi) is 5.41. The topological polar surface area (TPSA) is 73.5 Å². The van der Waals surface area contributed by atoms with Crippen molar-refractivity contribution in [3.63, 3.8) is 0 Å². The van der Waals surface area contributed by atoms with Gasteiger partial charge in [0.05, 0.1) is 12.7 Å². The van der Waals surface area contributed by atoms with Gasteiger partial charge in [0.15, 0.2) is 0 Å². The number of furan rings is 1. The predicted octanol–water partition coefficient (Wildman–Crippen LogP) is 3.12. The molecule has 0 radical (unpaired) electrons. The zero-order valence-electron chi connectivity index (χ0n) is 15.0. The maximum Gasteiger partial charge on any atom is 0.255 e. The summed E-state index contributed by atoms with van der Waals surface area (Å²) >= 11 is 0. The number of aromatic nitrogens is 1. The van der Waals surface area contributed by atoms with E-state index in [2.05, 4.69) is 5.32 Å². The number of carbonyl (C=O) groups excluding carboxylic acids is 1. The van der Waals surface area contributed by atoms with Crippen molar-refractivity contribution in [3.05, 3.63) is 64.3 Å².